The highest BCUT2D eigenvalue weighted by Crippen LogP contribution is 2.49. The summed E-state index contributed by atoms with van der Waals surface area (Å²) in [5.41, 5.74) is 2.66. The molecule has 7 rings (SSSR count). The van der Waals surface area contributed by atoms with Crippen LogP contribution in [-0.2, 0) is 22.4 Å². The van der Waals surface area contributed by atoms with Crippen LogP contribution in [0.3, 0.4) is 0 Å². The fraction of sp³-hybridized carbons (Fsp3) is 0.368. The molecule has 9 heteroatoms. The summed E-state index contributed by atoms with van der Waals surface area (Å²) in [7, 11) is 3.62. The number of pyridine rings is 1. The lowest BCUT2D eigenvalue weighted by atomic mass is 9.88. The molecule has 1 aromatic heterocycles. The zero-order valence-corrected chi connectivity index (χ0v) is 27.0. The van der Waals surface area contributed by atoms with E-state index in [0.29, 0.717) is 46.7 Å². The van der Waals surface area contributed by atoms with Crippen LogP contribution in [0, 0.1) is 12.3 Å². The fourth-order valence-corrected chi connectivity index (χ4v) is 7.07. The number of Topliss-reactive ketones (excluding diaryl/α,β-unsaturated/α-hetero) is 2. The number of benzene rings is 3. The van der Waals surface area contributed by atoms with Gasteiger partial charge in [0.15, 0.2) is 23.1 Å². The van der Waals surface area contributed by atoms with Crippen LogP contribution in [0.15, 0.2) is 72.9 Å². The highest BCUT2D eigenvalue weighted by Gasteiger charge is 2.54. The van der Waals surface area contributed by atoms with Gasteiger partial charge in [-0.05, 0) is 75.0 Å². The monoisotopic (exact) mass is 633 g/mol. The van der Waals surface area contributed by atoms with E-state index in [1.807, 2.05) is 60.4 Å². The quantitative estimate of drug-likeness (QED) is 0.187. The number of hydrogen-bond donors (Lipinski definition) is 0. The molecule has 0 N–H and O–H groups in total. The molecule has 2 aliphatic heterocycles. The van der Waals surface area contributed by atoms with Crippen molar-refractivity contribution >= 4 is 28.6 Å². The predicted molar refractivity (Wildman–Crippen MR) is 177 cm³/mol. The Morgan fingerprint density at radius 2 is 1.45 bits per heavy atom. The van der Waals surface area contributed by atoms with Crippen LogP contribution in [0.4, 0.5) is 4.79 Å². The number of fused-ring (bicyclic) bond motifs is 3. The second-order valence-electron chi connectivity index (χ2n) is 13.2. The summed E-state index contributed by atoms with van der Waals surface area (Å²) in [4.78, 5) is 48.3. The van der Waals surface area contributed by atoms with Gasteiger partial charge in [-0.3, -0.25) is 19.5 Å². The minimum absolute atomic E-state index is 0.00987. The van der Waals surface area contributed by atoms with Crippen molar-refractivity contribution < 1.29 is 28.6 Å². The lowest BCUT2D eigenvalue weighted by Gasteiger charge is -2.38. The molecule has 2 saturated heterocycles. The molecule has 242 valence electrons. The van der Waals surface area contributed by atoms with Crippen molar-refractivity contribution in [2.75, 3.05) is 27.2 Å². The third kappa shape index (κ3) is 6.20. The first kappa shape index (κ1) is 30.9. The van der Waals surface area contributed by atoms with Crippen LogP contribution in [0.25, 0.3) is 10.9 Å². The Kier molecular flexibility index (Phi) is 8.18. The summed E-state index contributed by atoms with van der Waals surface area (Å²) in [6.07, 6.45) is 4.96. The van der Waals surface area contributed by atoms with Gasteiger partial charge in [0.05, 0.1) is 18.0 Å². The van der Waals surface area contributed by atoms with Gasteiger partial charge in [0.1, 0.15) is 11.5 Å². The minimum atomic E-state index is -0.855. The molecule has 47 heavy (non-hydrogen) atoms. The molecule has 2 unspecified atom stereocenters. The number of methoxy groups -OCH3 is 1. The van der Waals surface area contributed by atoms with E-state index in [9.17, 15) is 14.4 Å². The van der Waals surface area contributed by atoms with Gasteiger partial charge in [-0.2, -0.15) is 0 Å². The fourth-order valence-electron chi connectivity index (χ4n) is 7.07. The summed E-state index contributed by atoms with van der Waals surface area (Å²) >= 11 is 0. The number of ketones is 2. The summed E-state index contributed by atoms with van der Waals surface area (Å²) < 4.78 is 17.8. The maximum absolute atomic E-state index is 13.3. The largest absolute Gasteiger partial charge is 0.493 e. The van der Waals surface area contributed by atoms with E-state index in [2.05, 4.69) is 16.9 Å². The molecule has 0 radical (unpaired) electrons. The van der Waals surface area contributed by atoms with Crippen molar-refractivity contribution in [3.8, 4) is 23.0 Å². The van der Waals surface area contributed by atoms with Crippen LogP contribution in [0.1, 0.15) is 42.4 Å². The number of aryl methyl sites for hydroxylation is 1. The van der Waals surface area contributed by atoms with E-state index in [1.54, 1.807) is 24.4 Å². The van der Waals surface area contributed by atoms with Crippen LogP contribution < -0.4 is 14.2 Å². The Hall–Kier alpha value is -4.76. The predicted octanol–water partition coefficient (Wildman–Crippen LogP) is 6.32. The van der Waals surface area contributed by atoms with Gasteiger partial charge < -0.3 is 19.1 Å². The van der Waals surface area contributed by atoms with E-state index in [-0.39, 0.29) is 42.6 Å². The lowest BCUT2D eigenvalue weighted by Crippen LogP contribution is -2.55. The van der Waals surface area contributed by atoms with Gasteiger partial charge in [-0.1, -0.05) is 42.0 Å². The normalized spacial score (nSPS) is 19.8. The van der Waals surface area contributed by atoms with E-state index >= 15 is 0 Å². The second-order valence-corrected chi connectivity index (χ2v) is 13.2. The van der Waals surface area contributed by atoms with E-state index in [0.717, 1.165) is 42.6 Å². The van der Waals surface area contributed by atoms with Crippen molar-refractivity contribution in [2.45, 2.75) is 57.5 Å². The first-order valence-corrected chi connectivity index (χ1v) is 16.3. The highest BCUT2D eigenvalue weighted by atomic mass is 16.6. The van der Waals surface area contributed by atoms with E-state index in [1.165, 1.54) is 7.11 Å². The number of amides is 1. The first-order chi connectivity index (χ1) is 22.7. The molecule has 4 aromatic rings. The third-order valence-corrected chi connectivity index (χ3v) is 9.88. The molecule has 0 spiro atoms. The number of carbonyl (C=O) groups excluding carboxylic acids is 3. The molecule has 3 heterocycles. The lowest BCUT2D eigenvalue weighted by molar-refractivity contribution is -0.133. The smallest absolute Gasteiger partial charge is 0.415 e. The number of nitrogens with zero attached hydrogens (tertiary/aromatic N) is 3. The van der Waals surface area contributed by atoms with Crippen molar-refractivity contribution in [1.82, 2.24) is 14.8 Å². The maximum atomic E-state index is 13.3. The van der Waals surface area contributed by atoms with Gasteiger partial charge in [0.2, 0.25) is 0 Å². The van der Waals surface area contributed by atoms with Crippen LogP contribution in [0.2, 0.25) is 0 Å². The van der Waals surface area contributed by atoms with E-state index < -0.39 is 5.41 Å². The van der Waals surface area contributed by atoms with Crippen molar-refractivity contribution in [2.24, 2.45) is 5.41 Å². The Labute approximate surface area is 274 Å². The Morgan fingerprint density at radius 1 is 0.830 bits per heavy atom. The standard InChI is InChI=1S/C38H39N3O6/c1-24-4-6-25(7-5-24)18-35(42)38(15-16-38)36(43)19-26-8-12-29(13-9-26)46-32-14-17-39-31-21-34(33(45-3)20-30(31)32)47-37(44)41-27-10-11-28(41)23-40(2)22-27/h4-9,12-14,17,20-21,27-28H,10-11,15-16,18-19,22-23H2,1-3H3. The number of carbonyl (C=O) groups is 3. The third-order valence-electron chi connectivity index (χ3n) is 9.88. The molecule has 2 bridgehead atoms. The Bertz CT molecular complexity index is 1820. The van der Waals surface area contributed by atoms with Crippen molar-refractivity contribution in [3.05, 3.63) is 89.6 Å². The number of piperazine rings is 1. The zero-order valence-electron chi connectivity index (χ0n) is 27.0. The summed E-state index contributed by atoms with van der Waals surface area (Å²) in [6.45, 7) is 3.70. The highest BCUT2D eigenvalue weighted by molar-refractivity contribution is 6.11. The van der Waals surface area contributed by atoms with Crippen LogP contribution in [0.5, 0.6) is 23.0 Å². The Morgan fingerprint density at radius 3 is 2.04 bits per heavy atom. The Balaban J connectivity index is 1.02. The van der Waals surface area contributed by atoms with Crippen molar-refractivity contribution in [3.63, 3.8) is 0 Å². The summed E-state index contributed by atoms with van der Waals surface area (Å²) in [5, 5.41) is 0.700. The molecular formula is C38H39N3O6. The number of hydrogen-bond acceptors (Lipinski definition) is 8. The molecule has 9 nitrogen and oxygen atoms in total. The van der Waals surface area contributed by atoms with Gasteiger partial charge in [-0.25, -0.2) is 4.79 Å². The number of likely N-dealkylation sites (N-methyl/N-ethyl adjacent to an activating group) is 1. The van der Waals surface area contributed by atoms with Crippen molar-refractivity contribution in [1.29, 1.82) is 0 Å². The average Bonchev–Trinajstić information content (AvgIpc) is 3.83. The summed E-state index contributed by atoms with van der Waals surface area (Å²) in [5.74, 6) is 1.86. The molecule has 3 fully saturated rings. The number of rotatable bonds is 10. The molecule has 1 aliphatic carbocycles. The molecule has 1 saturated carbocycles. The topological polar surface area (TPSA) is 98.3 Å². The number of aromatic nitrogens is 1. The van der Waals surface area contributed by atoms with Gasteiger partial charge >= 0.3 is 6.09 Å². The van der Waals surface area contributed by atoms with Crippen LogP contribution in [-0.4, -0.2) is 71.8 Å². The molecule has 2 atom stereocenters. The second kappa shape index (κ2) is 12.4. The van der Waals surface area contributed by atoms with Gasteiger partial charge in [0, 0.05) is 55.7 Å². The van der Waals surface area contributed by atoms with Gasteiger partial charge in [0.25, 0.3) is 0 Å². The molecule has 3 aromatic carbocycles. The average molecular weight is 634 g/mol. The first-order valence-electron chi connectivity index (χ1n) is 16.3. The zero-order chi connectivity index (χ0) is 32.7. The van der Waals surface area contributed by atoms with E-state index in [4.69, 9.17) is 14.2 Å². The number of likely N-dealkylation sites (tertiary alicyclic amines) is 1. The molecular weight excluding hydrogens is 594 g/mol. The van der Waals surface area contributed by atoms with Gasteiger partial charge in [-0.15, -0.1) is 0 Å². The SMILES string of the molecule is COc1cc2c(Oc3ccc(CC(=O)C4(C(=O)Cc5ccc(C)cc5)CC4)cc3)ccnc2cc1OC(=O)N1C2CCC1CN(C)C2. The molecule has 1 amide bonds. The minimum Gasteiger partial charge on any atom is -0.493 e. The molecule has 3 aliphatic rings. The maximum Gasteiger partial charge on any atom is 0.415 e. The summed E-state index contributed by atoms with van der Waals surface area (Å²) in [6, 6.07) is 20.8. The van der Waals surface area contributed by atoms with Crippen LogP contribution >= 0.6 is 0 Å². The number of ether oxygens (including phenoxy) is 3.